The van der Waals surface area contributed by atoms with E-state index < -0.39 is 35.1 Å². The van der Waals surface area contributed by atoms with Gasteiger partial charge in [-0.2, -0.15) is 0 Å². The first-order valence-corrected chi connectivity index (χ1v) is 10.6. The highest BCUT2D eigenvalue weighted by molar-refractivity contribution is 6.36. The first-order valence-electron chi connectivity index (χ1n) is 9.86. The molecule has 180 valence electrons. The highest BCUT2D eigenvalue weighted by Crippen LogP contribution is 2.33. The number of nitrogens with zero attached hydrogens (tertiary/aromatic N) is 1. The Kier molecular flexibility index (Phi) is 7.33. The van der Waals surface area contributed by atoms with E-state index in [-0.39, 0.29) is 22.4 Å². The molecule has 0 aromatic heterocycles. The number of hydrogen-bond donors (Lipinski definition) is 4. The van der Waals surface area contributed by atoms with Crippen LogP contribution in [0.25, 0.3) is 11.1 Å². The number of nitrogens with one attached hydrogen (secondary N) is 1. The second-order valence-corrected chi connectivity index (χ2v) is 8.41. The number of aromatic carboxylic acids is 2. The van der Waals surface area contributed by atoms with Crippen LogP contribution in [-0.4, -0.2) is 58.1 Å². The molecule has 0 bridgehead atoms. The zero-order chi connectivity index (χ0) is 26.0. The van der Waals surface area contributed by atoms with Crippen molar-refractivity contribution < 1.29 is 34.5 Å². The van der Waals surface area contributed by atoms with Crippen LogP contribution in [0.2, 0.25) is 10.0 Å². The molecule has 0 aliphatic heterocycles. The predicted octanol–water partition coefficient (Wildman–Crippen LogP) is 4.72. The second kappa shape index (κ2) is 10.0. The Labute approximate surface area is 209 Å². The second-order valence-electron chi connectivity index (χ2n) is 7.56. The molecule has 3 rings (SSSR count). The molecule has 0 aliphatic carbocycles. The lowest BCUT2D eigenvalue weighted by molar-refractivity contribution is 0.0684. The smallest absolute Gasteiger partial charge is 0.339 e. The summed E-state index contributed by atoms with van der Waals surface area (Å²) in [5.74, 6) is -5.20. The molecule has 0 atom stereocenters. The van der Waals surface area contributed by atoms with Crippen LogP contribution in [0.5, 0.6) is 5.75 Å². The summed E-state index contributed by atoms with van der Waals surface area (Å²) in [5.41, 5.74) is -0.651. The molecular formula is C24H18Cl2N2O7. The fraction of sp³-hybridized carbons (Fsp3) is 0.0833. The van der Waals surface area contributed by atoms with Gasteiger partial charge in [0.25, 0.3) is 11.8 Å². The third kappa shape index (κ3) is 5.37. The molecule has 0 heterocycles. The summed E-state index contributed by atoms with van der Waals surface area (Å²) in [6, 6.07) is 10.6. The lowest BCUT2D eigenvalue weighted by atomic mass is 9.99. The number of carboxylic acids is 2. The van der Waals surface area contributed by atoms with E-state index in [2.05, 4.69) is 5.32 Å². The molecular weight excluding hydrogens is 499 g/mol. The molecule has 4 N–H and O–H groups in total. The molecule has 0 saturated carbocycles. The van der Waals surface area contributed by atoms with Crippen molar-refractivity contribution in [2.24, 2.45) is 0 Å². The van der Waals surface area contributed by atoms with Crippen LogP contribution in [0.15, 0.2) is 48.5 Å². The Morgan fingerprint density at radius 2 is 1.46 bits per heavy atom. The summed E-state index contributed by atoms with van der Waals surface area (Å²) < 4.78 is 0. The quantitative estimate of drug-likeness (QED) is 0.371. The van der Waals surface area contributed by atoms with Crippen molar-refractivity contribution in [3.05, 3.63) is 80.8 Å². The molecule has 0 saturated heterocycles. The van der Waals surface area contributed by atoms with Gasteiger partial charge in [0.2, 0.25) is 0 Å². The normalized spacial score (nSPS) is 10.5. The molecule has 0 radical (unpaired) electrons. The van der Waals surface area contributed by atoms with E-state index in [1.165, 1.54) is 38.4 Å². The molecule has 35 heavy (non-hydrogen) atoms. The third-order valence-electron chi connectivity index (χ3n) is 4.99. The fourth-order valence-electron chi connectivity index (χ4n) is 3.28. The SMILES string of the molecule is CN(C)C(=O)c1cc(O)c(C(=O)O)cc1C(=O)Nc1cc(-c2ccc(Cl)cc2Cl)ccc1C(=O)O. The van der Waals surface area contributed by atoms with Crippen molar-refractivity contribution in [3.8, 4) is 16.9 Å². The molecule has 0 spiro atoms. The lowest BCUT2D eigenvalue weighted by Gasteiger charge is -2.17. The van der Waals surface area contributed by atoms with Crippen LogP contribution in [0.1, 0.15) is 41.4 Å². The minimum atomic E-state index is -1.52. The number of carboxylic acid groups (broad SMARTS) is 2. The van der Waals surface area contributed by atoms with Gasteiger partial charge in [-0.3, -0.25) is 9.59 Å². The first kappa shape index (κ1) is 25.5. The molecule has 0 unspecified atom stereocenters. The molecule has 3 aromatic carbocycles. The van der Waals surface area contributed by atoms with Crippen molar-refractivity contribution in [1.29, 1.82) is 0 Å². The minimum absolute atomic E-state index is 0.126. The monoisotopic (exact) mass is 516 g/mol. The number of anilines is 1. The van der Waals surface area contributed by atoms with Crippen LogP contribution in [0.4, 0.5) is 5.69 Å². The lowest BCUT2D eigenvalue weighted by Crippen LogP contribution is -2.26. The van der Waals surface area contributed by atoms with E-state index in [0.717, 1.165) is 17.0 Å². The zero-order valence-electron chi connectivity index (χ0n) is 18.3. The molecule has 0 aliphatic rings. The maximum Gasteiger partial charge on any atom is 0.339 e. The summed E-state index contributed by atoms with van der Waals surface area (Å²) in [6.07, 6.45) is 0. The van der Waals surface area contributed by atoms with E-state index in [1.807, 2.05) is 0 Å². The summed E-state index contributed by atoms with van der Waals surface area (Å²) in [7, 11) is 2.82. The molecule has 3 aromatic rings. The number of carbonyl (C=O) groups excluding carboxylic acids is 2. The van der Waals surface area contributed by atoms with Crippen molar-refractivity contribution in [1.82, 2.24) is 4.90 Å². The number of rotatable bonds is 6. The number of aromatic hydroxyl groups is 1. The summed E-state index contributed by atoms with van der Waals surface area (Å²) in [6.45, 7) is 0. The van der Waals surface area contributed by atoms with Crippen LogP contribution in [0, 0.1) is 0 Å². The van der Waals surface area contributed by atoms with E-state index in [4.69, 9.17) is 23.2 Å². The Morgan fingerprint density at radius 3 is 2.03 bits per heavy atom. The Hall–Kier alpha value is -4.08. The molecule has 11 heteroatoms. The number of phenols is 1. The summed E-state index contributed by atoms with van der Waals surface area (Å²) in [4.78, 5) is 50.2. The topological polar surface area (TPSA) is 144 Å². The van der Waals surface area contributed by atoms with Gasteiger partial charge in [0.1, 0.15) is 11.3 Å². The third-order valence-corrected chi connectivity index (χ3v) is 5.54. The van der Waals surface area contributed by atoms with E-state index in [9.17, 15) is 34.5 Å². The van der Waals surface area contributed by atoms with Crippen LogP contribution in [0.3, 0.4) is 0 Å². The summed E-state index contributed by atoms with van der Waals surface area (Å²) in [5, 5.41) is 32.1. The average Bonchev–Trinajstić information content (AvgIpc) is 2.77. The highest BCUT2D eigenvalue weighted by Gasteiger charge is 2.25. The maximum atomic E-state index is 13.2. The molecule has 9 nitrogen and oxygen atoms in total. The van der Waals surface area contributed by atoms with Gasteiger partial charge >= 0.3 is 11.9 Å². The Balaban J connectivity index is 2.13. The van der Waals surface area contributed by atoms with Crippen molar-refractivity contribution in [3.63, 3.8) is 0 Å². The van der Waals surface area contributed by atoms with Gasteiger partial charge in [0.05, 0.1) is 22.4 Å². The number of benzene rings is 3. The molecule has 2 amide bonds. The van der Waals surface area contributed by atoms with Crippen molar-refractivity contribution >= 4 is 52.6 Å². The number of carbonyl (C=O) groups is 4. The largest absolute Gasteiger partial charge is 0.507 e. The van der Waals surface area contributed by atoms with E-state index in [1.54, 1.807) is 12.1 Å². The van der Waals surface area contributed by atoms with E-state index in [0.29, 0.717) is 21.2 Å². The molecule has 0 fully saturated rings. The maximum absolute atomic E-state index is 13.2. The Morgan fingerprint density at radius 1 is 0.800 bits per heavy atom. The highest BCUT2D eigenvalue weighted by atomic mass is 35.5. The predicted molar refractivity (Wildman–Crippen MR) is 130 cm³/mol. The van der Waals surface area contributed by atoms with Crippen LogP contribution < -0.4 is 5.32 Å². The number of halogens is 2. The number of amides is 2. The van der Waals surface area contributed by atoms with Crippen LogP contribution >= 0.6 is 23.2 Å². The van der Waals surface area contributed by atoms with Crippen LogP contribution in [-0.2, 0) is 0 Å². The fourth-order valence-corrected chi connectivity index (χ4v) is 3.80. The minimum Gasteiger partial charge on any atom is -0.507 e. The van der Waals surface area contributed by atoms with Gasteiger partial charge in [-0.05, 0) is 42.0 Å². The average molecular weight is 517 g/mol. The zero-order valence-corrected chi connectivity index (χ0v) is 19.8. The standard InChI is InChI=1S/C24H18Cl2N2O7/c1-28(2)22(31)16-10-20(29)17(24(34)35)9-15(16)21(30)27-19-7-11(3-5-14(19)23(32)33)13-6-4-12(25)8-18(13)26/h3-10,29H,1-2H3,(H,27,30)(H,32,33)(H,34,35). The first-order chi connectivity index (χ1) is 16.4. The van der Waals surface area contributed by atoms with Crippen molar-refractivity contribution in [2.45, 2.75) is 0 Å². The van der Waals surface area contributed by atoms with Gasteiger partial charge in [-0.15, -0.1) is 0 Å². The van der Waals surface area contributed by atoms with Gasteiger partial charge in [-0.25, -0.2) is 9.59 Å². The van der Waals surface area contributed by atoms with Gasteiger partial charge in [0.15, 0.2) is 0 Å². The Bertz CT molecular complexity index is 1390. The van der Waals surface area contributed by atoms with Gasteiger partial charge in [0, 0.05) is 29.7 Å². The van der Waals surface area contributed by atoms with Gasteiger partial charge < -0.3 is 25.5 Å². The number of hydrogen-bond acceptors (Lipinski definition) is 5. The van der Waals surface area contributed by atoms with E-state index >= 15 is 0 Å². The van der Waals surface area contributed by atoms with Gasteiger partial charge in [-0.1, -0.05) is 35.3 Å². The van der Waals surface area contributed by atoms with Crippen molar-refractivity contribution in [2.75, 3.05) is 19.4 Å². The summed E-state index contributed by atoms with van der Waals surface area (Å²) >= 11 is 12.2.